The van der Waals surface area contributed by atoms with E-state index in [4.69, 9.17) is 0 Å². The van der Waals surface area contributed by atoms with Crippen molar-refractivity contribution in [1.29, 1.82) is 0 Å². The smallest absolute Gasteiger partial charge is 0.322 e. The largest absolute Gasteiger partial charge is 0.339 e. The van der Waals surface area contributed by atoms with Gasteiger partial charge in [-0.2, -0.15) is 0 Å². The van der Waals surface area contributed by atoms with E-state index in [-0.39, 0.29) is 18.4 Å². The quantitative estimate of drug-likeness (QED) is 0.808. The number of nitrogens with one attached hydrogen (secondary N) is 2. The maximum atomic E-state index is 12.4. The van der Waals surface area contributed by atoms with Crippen molar-refractivity contribution in [3.63, 3.8) is 0 Å². The van der Waals surface area contributed by atoms with E-state index >= 15 is 0 Å². The number of carbonyl (C=O) groups excluding carboxylic acids is 3. The molecule has 1 aromatic rings. The van der Waals surface area contributed by atoms with Gasteiger partial charge in [0.2, 0.25) is 5.91 Å². The van der Waals surface area contributed by atoms with Gasteiger partial charge in [0, 0.05) is 12.6 Å². The molecule has 2 N–H and O–H groups in total. The maximum Gasteiger partial charge on any atom is 0.322 e. The van der Waals surface area contributed by atoms with Crippen LogP contribution in [0.5, 0.6) is 0 Å². The average molecular weight is 301 g/mol. The van der Waals surface area contributed by atoms with Gasteiger partial charge >= 0.3 is 6.03 Å². The van der Waals surface area contributed by atoms with Crippen molar-refractivity contribution in [3.8, 4) is 0 Å². The Balaban J connectivity index is 1.61. The fraction of sp³-hybridized carbons (Fsp3) is 0.438. The van der Waals surface area contributed by atoms with Gasteiger partial charge in [0.05, 0.1) is 6.42 Å². The SMILES string of the molecule is O=C1NC(=O)[C@@H](CC(=O)N2CCC[C@@H]2Cc2ccccc2)N1. The monoisotopic (exact) mass is 301 g/mol. The number of benzene rings is 1. The highest BCUT2D eigenvalue weighted by atomic mass is 16.2. The standard InChI is InChI=1S/C16H19N3O3/c20-14(10-13-15(21)18-16(22)17-13)19-8-4-7-12(19)9-11-5-2-1-3-6-11/h1-3,5-6,12-13H,4,7-10H2,(H2,17,18,21,22)/t12-,13-/m1/s1. The summed E-state index contributed by atoms with van der Waals surface area (Å²) in [5, 5.41) is 4.63. The Hall–Kier alpha value is -2.37. The molecule has 2 aliphatic heterocycles. The molecule has 0 spiro atoms. The average Bonchev–Trinajstić information content (AvgIpc) is 3.07. The molecule has 2 atom stereocenters. The summed E-state index contributed by atoms with van der Waals surface area (Å²) in [4.78, 5) is 36.9. The molecule has 3 rings (SSSR count). The predicted molar refractivity (Wildman–Crippen MR) is 80.0 cm³/mol. The van der Waals surface area contributed by atoms with Gasteiger partial charge in [-0.25, -0.2) is 4.79 Å². The summed E-state index contributed by atoms with van der Waals surface area (Å²) in [6, 6.07) is 9.00. The number of amides is 4. The summed E-state index contributed by atoms with van der Waals surface area (Å²) in [5.41, 5.74) is 1.21. The van der Waals surface area contributed by atoms with Crippen molar-refractivity contribution in [3.05, 3.63) is 35.9 Å². The van der Waals surface area contributed by atoms with Crippen molar-refractivity contribution in [2.24, 2.45) is 0 Å². The lowest BCUT2D eigenvalue weighted by Crippen LogP contribution is -2.41. The number of imide groups is 1. The molecule has 6 nitrogen and oxygen atoms in total. The minimum Gasteiger partial charge on any atom is -0.339 e. The van der Waals surface area contributed by atoms with E-state index in [9.17, 15) is 14.4 Å². The molecular formula is C16H19N3O3. The molecule has 0 aliphatic carbocycles. The highest BCUT2D eigenvalue weighted by Gasteiger charge is 2.35. The molecule has 2 heterocycles. The van der Waals surface area contributed by atoms with Gasteiger partial charge < -0.3 is 10.2 Å². The summed E-state index contributed by atoms with van der Waals surface area (Å²) in [6.45, 7) is 0.721. The van der Waals surface area contributed by atoms with Crippen LogP contribution in [-0.4, -0.2) is 41.4 Å². The van der Waals surface area contributed by atoms with Crippen LogP contribution in [0.3, 0.4) is 0 Å². The van der Waals surface area contributed by atoms with Crippen LogP contribution in [0.2, 0.25) is 0 Å². The predicted octanol–water partition coefficient (Wildman–Crippen LogP) is 0.818. The van der Waals surface area contributed by atoms with Crippen molar-refractivity contribution in [2.45, 2.75) is 37.8 Å². The fourth-order valence-electron chi connectivity index (χ4n) is 3.16. The van der Waals surface area contributed by atoms with Crippen molar-refractivity contribution >= 4 is 17.8 Å². The van der Waals surface area contributed by atoms with Gasteiger partial charge in [0.15, 0.2) is 0 Å². The maximum absolute atomic E-state index is 12.4. The summed E-state index contributed by atoms with van der Waals surface area (Å²) < 4.78 is 0. The summed E-state index contributed by atoms with van der Waals surface area (Å²) in [7, 11) is 0. The van der Waals surface area contributed by atoms with Crippen molar-refractivity contribution in [1.82, 2.24) is 15.5 Å². The molecule has 0 bridgehead atoms. The summed E-state index contributed by atoms with van der Waals surface area (Å²) in [5.74, 6) is -0.488. The lowest BCUT2D eigenvalue weighted by atomic mass is 10.0. The summed E-state index contributed by atoms with van der Waals surface area (Å²) >= 11 is 0. The second-order valence-corrected chi connectivity index (χ2v) is 5.79. The molecule has 22 heavy (non-hydrogen) atoms. The van der Waals surface area contributed by atoms with Gasteiger partial charge in [-0.15, -0.1) is 0 Å². The Kier molecular flexibility index (Phi) is 4.09. The van der Waals surface area contributed by atoms with Crippen LogP contribution >= 0.6 is 0 Å². The number of likely N-dealkylation sites (tertiary alicyclic amines) is 1. The van der Waals surface area contributed by atoms with Crippen LogP contribution in [0.25, 0.3) is 0 Å². The van der Waals surface area contributed by atoms with Crippen LogP contribution in [-0.2, 0) is 16.0 Å². The van der Waals surface area contributed by atoms with Gasteiger partial charge in [0.1, 0.15) is 6.04 Å². The van der Waals surface area contributed by atoms with E-state index < -0.39 is 18.0 Å². The Morgan fingerprint density at radius 1 is 1.23 bits per heavy atom. The Morgan fingerprint density at radius 3 is 2.68 bits per heavy atom. The molecule has 0 unspecified atom stereocenters. The van der Waals surface area contributed by atoms with Gasteiger partial charge in [0.25, 0.3) is 5.91 Å². The first-order valence-electron chi connectivity index (χ1n) is 7.58. The Morgan fingerprint density at radius 2 is 2.00 bits per heavy atom. The lowest BCUT2D eigenvalue weighted by Gasteiger charge is -2.25. The van der Waals surface area contributed by atoms with Crippen molar-refractivity contribution < 1.29 is 14.4 Å². The minimum atomic E-state index is -0.738. The Bertz CT molecular complexity index is 588. The van der Waals surface area contributed by atoms with Crippen molar-refractivity contribution in [2.75, 3.05) is 6.54 Å². The minimum absolute atomic E-state index is 0.0306. The Labute approximate surface area is 128 Å². The van der Waals surface area contributed by atoms with Crippen LogP contribution in [0, 0.1) is 0 Å². The molecule has 1 aromatic carbocycles. The van der Waals surface area contributed by atoms with Crippen LogP contribution in [0.1, 0.15) is 24.8 Å². The molecule has 116 valence electrons. The number of rotatable bonds is 4. The van der Waals surface area contributed by atoms with Gasteiger partial charge in [-0.05, 0) is 24.8 Å². The number of hydrogen-bond donors (Lipinski definition) is 2. The van der Waals surface area contributed by atoms with Crippen LogP contribution < -0.4 is 10.6 Å². The molecule has 2 saturated heterocycles. The molecule has 0 saturated carbocycles. The molecule has 4 amide bonds. The zero-order valence-corrected chi connectivity index (χ0v) is 12.2. The third-order valence-electron chi connectivity index (χ3n) is 4.25. The molecule has 2 aliphatic rings. The second kappa shape index (κ2) is 6.17. The zero-order chi connectivity index (χ0) is 15.5. The topological polar surface area (TPSA) is 78.5 Å². The van der Waals surface area contributed by atoms with E-state index in [1.54, 1.807) is 0 Å². The molecule has 2 fully saturated rings. The number of carbonyl (C=O) groups is 3. The number of hydrogen-bond acceptors (Lipinski definition) is 3. The normalized spacial score (nSPS) is 24.3. The lowest BCUT2D eigenvalue weighted by molar-refractivity contribution is -0.134. The first-order valence-corrected chi connectivity index (χ1v) is 7.58. The third kappa shape index (κ3) is 3.10. The number of nitrogens with zero attached hydrogens (tertiary/aromatic N) is 1. The number of urea groups is 1. The second-order valence-electron chi connectivity index (χ2n) is 5.79. The molecule has 0 radical (unpaired) electrons. The van der Waals surface area contributed by atoms with Crippen LogP contribution in [0.15, 0.2) is 30.3 Å². The fourth-order valence-corrected chi connectivity index (χ4v) is 3.16. The highest BCUT2D eigenvalue weighted by Crippen LogP contribution is 2.22. The van der Waals surface area contributed by atoms with Gasteiger partial charge in [-0.3, -0.25) is 14.9 Å². The van der Waals surface area contributed by atoms with E-state index in [1.165, 1.54) is 5.56 Å². The first kappa shape index (κ1) is 14.6. The van der Waals surface area contributed by atoms with Crippen LogP contribution in [0.4, 0.5) is 4.79 Å². The van der Waals surface area contributed by atoms with Gasteiger partial charge in [-0.1, -0.05) is 30.3 Å². The van der Waals surface area contributed by atoms with E-state index in [1.807, 2.05) is 23.1 Å². The molecular weight excluding hydrogens is 282 g/mol. The molecule has 6 heteroatoms. The molecule has 0 aromatic heterocycles. The highest BCUT2D eigenvalue weighted by molar-refractivity contribution is 6.05. The van der Waals surface area contributed by atoms with E-state index in [0.717, 1.165) is 25.8 Å². The first-order chi connectivity index (χ1) is 10.6. The van der Waals surface area contributed by atoms with E-state index in [0.29, 0.717) is 0 Å². The zero-order valence-electron chi connectivity index (χ0n) is 12.2. The summed E-state index contributed by atoms with van der Waals surface area (Å²) in [6.07, 6.45) is 2.81. The third-order valence-corrected chi connectivity index (χ3v) is 4.25. The van der Waals surface area contributed by atoms with E-state index in [2.05, 4.69) is 22.8 Å².